The van der Waals surface area contributed by atoms with E-state index in [0.29, 0.717) is 47.2 Å². The second kappa shape index (κ2) is 10.7. The van der Waals surface area contributed by atoms with Gasteiger partial charge in [-0.15, -0.1) is 0 Å². The summed E-state index contributed by atoms with van der Waals surface area (Å²) in [6.45, 7) is 0.865. The van der Waals surface area contributed by atoms with Crippen molar-refractivity contribution >= 4 is 31.0 Å². The Balaban J connectivity index is 1.79. The van der Waals surface area contributed by atoms with Gasteiger partial charge in [0.1, 0.15) is 11.5 Å². The van der Waals surface area contributed by atoms with E-state index in [0.717, 1.165) is 19.3 Å². The number of benzene rings is 2. The van der Waals surface area contributed by atoms with Crippen LogP contribution < -0.4 is 20.9 Å². The zero-order valence-corrected chi connectivity index (χ0v) is 19.5. The first-order valence-corrected chi connectivity index (χ1v) is 13.9. The number of hydrogen-bond donors (Lipinski definition) is 2. The summed E-state index contributed by atoms with van der Waals surface area (Å²) in [5.41, 5.74) is 13.6. The molecule has 0 amide bonds. The summed E-state index contributed by atoms with van der Waals surface area (Å²) >= 11 is 0. The maximum atomic E-state index is 11.6. The molecule has 0 spiro atoms. The van der Waals surface area contributed by atoms with E-state index in [4.69, 9.17) is 20.9 Å². The molecule has 4 N–H and O–H groups in total. The largest absolute Gasteiger partial charge is 0.493 e. The van der Waals surface area contributed by atoms with E-state index in [2.05, 4.69) is 0 Å². The second-order valence-electron chi connectivity index (χ2n) is 7.63. The third kappa shape index (κ3) is 9.48. The summed E-state index contributed by atoms with van der Waals surface area (Å²) < 4.78 is 57.9. The molecule has 0 atom stereocenters. The Morgan fingerprint density at radius 3 is 1.42 bits per heavy atom. The van der Waals surface area contributed by atoms with Gasteiger partial charge in [0.2, 0.25) is 0 Å². The highest BCUT2D eigenvalue weighted by molar-refractivity contribution is 7.90. The van der Waals surface area contributed by atoms with Gasteiger partial charge in [-0.05, 0) is 55.7 Å². The van der Waals surface area contributed by atoms with Crippen LogP contribution in [0.25, 0.3) is 0 Å². The van der Waals surface area contributed by atoms with Gasteiger partial charge < -0.3 is 20.9 Å². The Labute approximate surface area is 184 Å². The summed E-state index contributed by atoms with van der Waals surface area (Å²) in [7, 11) is -6.40. The van der Waals surface area contributed by atoms with Crippen LogP contribution in [-0.2, 0) is 31.2 Å². The number of anilines is 2. The Hall–Kier alpha value is -2.46. The molecule has 172 valence electrons. The van der Waals surface area contributed by atoms with Crippen molar-refractivity contribution in [2.75, 3.05) is 37.2 Å². The van der Waals surface area contributed by atoms with E-state index < -0.39 is 19.7 Å². The molecule has 0 saturated heterocycles. The van der Waals surface area contributed by atoms with Crippen LogP contribution in [0, 0.1) is 0 Å². The molecule has 0 radical (unpaired) electrons. The van der Waals surface area contributed by atoms with E-state index >= 15 is 0 Å². The molecular formula is C21H30N2O6S2. The molecule has 0 aliphatic rings. The molecule has 0 aliphatic carbocycles. The minimum Gasteiger partial charge on any atom is -0.493 e. The summed E-state index contributed by atoms with van der Waals surface area (Å²) in [5, 5.41) is 0. The van der Waals surface area contributed by atoms with Crippen LogP contribution in [0.4, 0.5) is 11.4 Å². The Kier molecular flexibility index (Phi) is 8.58. The molecule has 0 heterocycles. The fourth-order valence-electron chi connectivity index (χ4n) is 3.02. The number of nitrogen functional groups attached to an aromatic ring is 2. The fraction of sp³-hybridized carbons (Fsp3) is 0.429. The van der Waals surface area contributed by atoms with Gasteiger partial charge in [-0.2, -0.15) is 0 Å². The van der Waals surface area contributed by atoms with Gasteiger partial charge in [-0.25, -0.2) is 16.8 Å². The predicted octanol–water partition coefficient (Wildman–Crippen LogP) is 2.57. The van der Waals surface area contributed by atoms with E-state index in [1.165, 1.54) is 12.5 Å². The maximum Gasteiger partial charge on any atom is 0.151 e. The van der Waals surface area contributed by atoms with Crippen LogP contribution in [0.5, 0.6) is 11.5 Å². The first kappa shape index (κ1) is 24.8. The third-order valence-corrected chi connectivity index (χ3v) is 5.98. The standard InChI is InChI=1S/C21H30N2O6S2/c1-30(24,25)14-16-12-18(22)6-8-20(16)28-10-4-3-5-11-29-21-9-7-19(23)13-17(21)15-31(2,26)27/h6-9,12-13H,3-5,10-11,14-15,22-23H2,1-2H3. The van der Waals surface area contributed by atoms with Gasteiger partial charge in [-0.1, -0.05) is 0 Å². The Morgan fingerprint density at radius 2 is 1.06 bits per heavy atom. The van der Waals surface area contributed by atoms with Gasteiger partial charge in [0.05, 0.1) is 24.7 Å². The lowest BCUT2D eigenvalue weighted by Gasteiger charge is -2.13. The summed E-state index contributed by atoms with van der Waals surface area (Å²) in [4.78, 5) is 0. The zero-order valence-electron chi connectivity index (χ0n) is 17.8. The third-order valence-electron chi connectivity index (χ3n) is 4.31. The molecule has 0 aromatic heterocycles. The van der Waals surface area contributed by atoms with Gasteiger partial charge in [-0.3, -0.25) is 0 Å². The van der Waals surface area contributed by atoms with Crippen LogP contribution in [0.2, 0.25) is 0 Å². The molecule has 2 aromatic rings. The van der Waals surface area contributed by atoms with Crippen LogP contribution in [-0.4, -0.2) is 42.6 Å². The van der Waals surface area contributed by atoms with Crippen molar-refractivity contribution in [1.29, 1.82) is 0 Å². The maximum absolute atomic E-state index is 11.6. The molecule has 0 bridgehead atoms. The molecule has 10 heteroatoms. The average Bonchev–Trinajstić information content (AvgIpc) is 2.61. The van der Waals surface area contributed by atoms with Crippen molar-refractivity contribution in [2.45, 2.75) is 30.8 Å². The summed E-state index contributed by atoms with van der Waals surface area (Å²) in [6, 6.07) is 9.95. The number of sulfone groups is 2. The van der Waals surface area contributed by atoms with Gasteiger partial charge >= 0.3 is 0 Å². The lowest BCUT2D eigenvalue weighted by Crippen LogP contribution is -2.07. The van der Waals surface area contributed by atoms with Crippen LogP contribution in [0.15, 0.2) is 36.4 Å². The molecule has 8 nitrogen and oxygen atoms in total. The van der Waals surface area contributed by atoms with E-state index in [-0.39, 0.29) is 11.5 Å². The molecule has 0 aliphatic heterocycles. The minimum absolute atomic E-state index is 0.126. The Morgan fingerprint density at radius 1 is 0.677 bits per heavy atom. The van der Waals surface area contributed by atoms with Gasteiger partial charge in [0.15, 0.2) is 19.7 Å². The summed E-state index contributed by atoms with van der Waals surface area (Å²) in [5.74, 6) is 0.781. The van der Waals surface area contributed by atoms with Crippen LogP contribution in [0.1, 0.15) is 30.4 Å². The monoisotopic (exact) mass is 470 g/mol. The molecule has 0 saturated carbocycles. The SMILES string of the molecule is CS(=O)(=O)Cc1cc(N)ccc1OCCCCCOc1ccc(N)cc1CS(C)(=O)=O. The lowest BCUT2D eigenvalue weighted by atomic mass is 10.2. The highest BCUT2D eigenvalue weighted by Crippen LogP contribution is 2.25. The highest BCUT2D eigenvalue weighted by atomic mass is 32.2. The van der Waals surface area contributed by atoms with E-state index in [1.54, 1.807) is 36.4 Å². The normalized spacial score (nSPS) is 11.9. The van der Waals surface area contributed by atoms with Crippen molar-refractivity contribution in [3.8, 4) is 11.5 Å². The lowest BCUT2D eigenvalue weighted by molar-refractivity contribution is 0.277. The number of nitrogens with two attached hydrogens (primary N) is 2. The number of hydrogen-bond acceptors (Lipinski definition) is 8. The molecular weight excluding hydrogens is 440 g/mol. The topological polar surface area (TPSA) is 139 Å². The molecule has 0 fully saturated rings. The van der Waals surface area contributed by atoms with E-state index in [1.807, 2.05) is 0 Å². The van der Waals surface area contributed by atoms with Crippen LogP contribution >= 0.6 is 0 Å². The highest BCUT2D eigenvalue weighted by Gasteiger charge is 2.12. The fourth-order valence-corrected chi connectivity index (χ4v) is 4.60. The first-order valence-electron chi connectivity index (χ1n) is 9.81. The first-order chi connectivity index (χ1) is 14.4. The molecule has 2 rings (SSSR count). The van der Waals surface area contributed by atoms with Crippen molar-refractivity contribution < 1.29 is 26.3 Å². The summed E-state index contributed by atoms with van der Waals surface area (Å²) in [6.07, 6.45) is 4.67. The second-order valence-corrected chi connectivity index (χ2v) is 11.9. The van der Waals surface area contributed by atoms with Crippen molar-refractivity contribution in [3.63, 3.8) is 0 Å². The quantitative estimate of drug-likeness (QED) is 0.356. The van der Waals surface area contributed by atoms with E-state index in [9.17, 15) is 16.8 Å². The molecule has 0 unspecified atom stereocenters. The number of rotatable bonds is 12. The number of ether oxygens (including phenoxy) is 2. The van der Waals surface area contributed by atoms with Crippen molar-refractivity contribution in [2.24, 2.45) is 0 Å². The van der Waals surface area contributed by atoms with Gasteiger partial charge in [0.25, 0.3) is 0 Å². The Bertz CT molecular complexity index is 1010. The van der Waals surface area contributed by atoms with Gasteiger partial charge in [0, 0.05) is 35.0 Å². The van der Waals surface area contributed by atoms with Crippen molar-refractivity contribution in [1.82, 2.24) is 0 Å². The zero-order chi connectivity index (χ0) is 23.1. The smallest absolute Gasteiger partial charge is 0.151 e. The average molecular weight is 471 g/mol. The minimum atomic E-state index is -3.20. The van der Waals surface area contributed by atoms with Crippen molar-refractivity contribution in [3.05, 3.63) is 47.5 Å². The number of unbranched alkanes of at least 4 members (excludes halogenated alkanes) is 2. The molecule has 2 aromatic carbocycles. The predicted molar refractivity (Wildman–Crippen MR) is 124 cm³/mol. The molecule has 31 heavy (non-hydrogen) atoms. The van der Waals surface area contributed by atoms with Crippen LogP contribution in [0.3, 0.4) is 0 Å².